The zero-order valence-electron chi connectivity index (χ0n) is 17.1. The summed E-state index contributed by atoms with van der Waals surface area (Å²) < 4.78 is 14.1. The van der Waals surface area contributed by atoms with Gasteiger partial charge in [0.05, 0.1) is 16.9 Å². The van der Waals surface area contributed by atoms with Crippen molar-refractivity contribution in [2.75, 3.05) is 10.2 Å². The third-order valence-electron chi connectivity index (χ3n) is 6.46. The van der Waals surface area contributed by atoms with Gasteiger partial charge in [0.2, 0.25) is 5.91 Å². The Morgan fingerprint density at radius 2 is 2.03 bits per heavy atom. The lowest BCUT2D eigenvalue weighted by atomic mass is 9.63. The number of ketones is 1. The summed E-state index contributed by atoms with van der Waals surface area (Å²) in [6.07, 6.45) is 1.25. The van der Waals surface area contributed by atoms with Gasteiger partial charge in [0.1, 0.15) is 23.1 Å². The topological polar surface area (TPSA) is 99.2 Å². The predicted molar refractivity (Wildman–Crippen MR) is 118 cm³/mol. The van der Waals surface area contributed by atoms with Crippen LogP contribution in [0.4, 0.5) is 15.8 Å². The van der Waals surface area contributed by atoms with Crippen LogP contribution in [0.25, 0.3) is 0 Å². The van der Waals surface area contributed by atoms with E-state index < -0.39 is 17.1 Å². The molecule has 0 bridgehead atoms. The summed E-state index contributed by atoms with van der Waals surface area (Å²) in [4.78, 5) is 28.5. The molecule has 0 fully saturated rings. The minimum Gasteiger partial charge on any atom is -0.384 e. The first-order chi connectivity index (χ1) is 15.3. The molecule has 0 unspecified atom stereocenters. The summed E-state index contributed by atoms with van der Waals surface area (Å²) in [6.45, 7) is 1.76. The van der Waals surface area contributed by atoms with Crippen LogP contribution < -0.4 is 16.0 Å². The van der Waals surface area contributed by atoms with Crippen molar-refractivity contribution in [2.45, 2.75) is 31.6 Å². The quantitative estimate of drug-likeness (QED) is 0.681. The molecule has 1 atom stereocenters. The number of hydrogen-bond donors (Lipinski definition) is 2. The number of nitrogens with one attached hydrogen (secondary N) is 1. The molecule has 160 valence electrons. The number of hydrogen-bond acceptors (Lipinski definition) is 5. The molecule has 2 aromatic carbocycles. The Hall–Kier alpha value is -3.63. The van der Waals surface area contributed by atoms with Gasteiger partial charge in [0.25, 0.3) is 0 Å². The molecule has 3 aliphatic rings. The molecule has 0 aromatic heterocycles. The number of halogens is 2. The lowest BCUT2D eigenvalue weighted by Gasteiger charge is -2.43. The van der Waals surface area contributed by atoms with Gasteiger partial charge in [-0.05, 0) is 49.6 Å². The van der Waals surface area contributed by atoms with Gasteiger partial charge < -0.3 is 11.1 Å². The number of carbonyl (C=O) groups is 2. The molecule has 32 heavy (non-hydrogen) atoms. The van der Waals surface area contributed by atoms with E-state index in [4.69, 9.17) is 17.3 Å². The molecule has 0 saturated heterocycles. The highest BCUT2D eigenvalue weighted by atomic mass is 35.5. The van der Waals surface area contributed by atoms with Gasteiger partial charge in [0, 0.05) is 28.3 Å². The maximum absolute atomic E-state index is 14.1. The largest absolute Gasteiger partial charge is 0.384 e. The van der Waals surface area contributed by atoms with Gasteiger partial charge in [-0.15, -0.1) is 0 Å². The second-order valence-electron chi connectivity index (χ2n) is 8.08. The van der Waals surface area contributed by atoms with Crippen LogP contribution in [0.5, 0.6) is 0 Å². The van der Waals surface area contributed by atoms with E-state index in [9.17, 15) is 19.2 Å². The summed E-state index contributed by atoms with van der Waals surface area (Å²) >= 11 is 6.27. The molecular weight excluding hydrogens is 431 g/mol. The number of fused-ring (bicyclic) bond motifs is 3. The monoisotopic (exact) mass is 448 g/mol. The number of rotatable bonds is 1. The highest BCUT2D eigenvalue weighted by molar-refractivity contribution is 6.32. The average molecular weight is 449 g/mol. The van der Waals surface area contributed by atoms with Crippen molar-refractivity contribution in [3.05, 3.63) is 81.0 Å². The molecule has 5 rings (SSSR count). The zero-order chi connectivity index (χ0) is 22.8. The number of nitrogens with zero attached hydrogens (tertiary/aromatic N) is 2. The van der Waals surface area contributed by atoms with Crippen molar-refractivity contribution < 1.29 is 14.0 Å². The molecule has 1 aliphatic carbocycles. The van der Waals surface area contributed by atoms with Gasteiger partial charge in [-0.25, -0.2) is 4.39 Å². The van der Waals surface area contributed by atoms with Gasteiger partial charge in [0.15, 0.2) is 5.78 Å². The smallest absolute Gasteiger partial charge is 0.245 e. The lowest BCUT2D eigenvalue weighted by Crippen LogP contribution is -2.50. The average Bonchev–Trinajstić information content (AvgIpc) is 3.04. The molecule has 8 heteroatoms. The predicted octanol–water partition coefficient (Wildman–Crippen LogP) is 4.20. The van der Waals surface area contributed by atoms with E-state index in [1.54, 1.807) is 25.1 Å². The Morgan fingerprint density at radius 1 is 1.25 bits per heavy atom. The summed E-state index contributed by atoms with van der Waals surface area (Å²) in [5, 5.41) is 13.5. The normalized spacial score (nSPS) is 22.1. The number of carbonyl (C=O) groups excluding carboxylic acids is 2. The first-order valence-corrected chi connectivity index (χ1v) is 10.5. The summed E-state index contributed by atoms with van der Waals surface area (Å²) in [6, 6.07) is 11.2. The number of nitriles is 1. The Bertz CT molecular complexity index is 1340. The van der Waals surface area contributed by atoms with Crippen molar-refractivity contribution in [3.63, 3.8) is 0 Å². The molecule has 1 spiro atoms. The molecule has 0 saturated carbocycles. The minimum atomic E-state index is -1.67. The van der Waals surface area contributed by atoms with Gasteiger partial charge in [-0.1, -0.05) is 23.7 Å². The molecule has 0 radical (unpaired) electrons. The number of Topliss-reactive ketones (excluding diaryl/α,β-unsaturated/α-hetero) is 1. The number of nitrogens with two attached hydrogens (primary N) is 1. The maximum atomic E-state index is 14.1. The zero-order valence-corrected chi connectivity index (χ0v) is 17.9. The van der Waals surface area contributed by atoms with Crippen molar-refractivity contribution in [1.29, 1.82) is 5.26 Å². The van der Waals surface area contributed by atoms with Crippen molar-refractivity contribution in [2.24, 2.45) is 5.73 Å². The highest BCUT2D eigenvalue weighted by Crippen LogP contribution is 2.56. The van der Waals surface area contributed by atoms with E-state index in [1.165, 1.54) is 23.1 Å². The van der Waals surface area contributed by atoms with E-state index in [2.05, 4.69) is 11.4 Å². The summed E-state index contributed by atoms with van der Waals surface area (Å²) in [5.74, 6) is -1.22. The van der Waals surface area contributed by atoms with E-state index in [0.717, 1.165) is 0 Å². The lowest BCUT2D eigenvalue weighted by molar-refractivity contribution is -0.122. The van der Waals surface area contributed by atoms with Gasteiger partial charge in [-0.3, -0.25) is 14.5 Å². The molecule has 2 aromatic rings. The van der Waals surface area contributed by atoms with Crippen LogP contribution in [0, 0.1) is 24.1 Å². The van der Waals surface area contributed by atoms with E-state index in [-0.39, 0.29) is 29.2 Å². The molecule has 3 N–H and O–H groups in total. The molecule has 6 nitrogen and oxygen atoms in total. The third kappa shape index (κ3) is 2.44. The van der Waals surface area contributed by atoms with Gasteiger partial charge in [-0.2, -0.15) is 5.26 Å². The Balaban J connectivity index is 1.90. The first-order valence-electron chi connectivity index (χ1n) is 10.2. The maximum Gasteiger partial charge on any atom is 0.245 e. The SMILES string of the molecule is Cc1c(Cl)ccc2c1NC(=O)[C@]21C(C#N)=C(N)N(c2cccc(F)c2)C2=C1C(=O)CCC2. The van der Waals surface area contributed by atoms with Crippen LogP contribution in [0.15, 0.2) is 59.1 Å². The number of anilines is 2. The van der Waals surface area contributed by atoms with Crippen molar-refractivity contribution in [3.8, 4) is 6.07 Å². The number of amides is 1. The Kier molecular flexibility index (Phi) is 4.40. The fourth-order valence-corrected chi connectivity index (χ4v) is 5.25. The van der Waals surface area contributed by atoms with Crippen LogP contribution in [0.2, 0.25) is 5.02 Å². The second-order valence-corrected chi connectivity index (χ2v) is 8.49. The molecule has 2 heterocycles. The van der Waals surface area contributed by atoms with Gasteiger partial charge >= 0.3 is 0 Å². The van der Waals surface area contributed by atoms with E-state index in [1.807, 2.05) is 0 Å². The summed E-state index contributed by atoms with van der Waals surface area (Å²) in [7, 11) is 0. The standard InChI is InChI=1S/C24H18ClFN4O2/c1-12-17(25)9-8-15-21(12)29-23(32)24(15)16(11-27)22(28)30(14-5-2-4-13(26)10-14)18-6-3-7-19(31)20(18)24/h2,4-5,8-10H,3,6-7,28H2,1H3,(H,29,32)/t24-/m0/s1. The highest BCUT2D eigenvalue weighted by Gasteiger charge is 2.60. The van der Waals surface area contributed by atoms with E-state index >= 15 is 0 Å². The van der Waals surface area contributed by atoms with Crippen LogP contribution >= 0.6 is 11.6 Å². The number of benzene rings is 2. The molecular formula is C24H18ClFN4O2. The Labute approximate surface area is 188 Å². The van der Waals surface area contributed by atoms with E-state index in [0.29, 0.717) is 46.1 Å². The van der Waals surface area contributed by atoms with Crippen LogP contribution in [0.3, 0.4) is 0 Å². The van der Waals surface area contributed by atoms with Crippen LogP contribution in [0.1, 0.15) is 30.4 Å². The Morgan fingerprint density at radius 3 is 2.75 bits per heavy atom. The second kappa shape index (κ2) is 6.94. The van der Waals surface area contributed by atoms with Crippen molar-refractivity contribution in [1.82, 2.24) is 0 Å². The first kappa shape index (κ1) is 20.3. The fourth-order valence-electron chi connectivity index (χ4n) is 5.09. The number of allylic oxidation sites excluding steroid dienone is 1. The fraction of sp³-hybridized carbons (Fsp3) is 0.208. The van der Waals surface area contributed by atoms with Crippen LogP contribution in [-0.2, 0) is 15.0 Å². The van der Waals surface area contributed by atoms with Crippen molar-refractivity contribution >= 4 is 34.7 Å². The third-order valence-corrected chi connectivity index (χ3v) is 6.87. The minimum absolute atomic E-state index is 0.00199. The van der Waals surface area contributed by atoms with Crippen LogP contribution in [-0.4, -0.2) is 11.7 Å². The molecule has 2 aliphatic heterocycles. The molecule has 1 amide bonds. The summed E-state index contributed by atoms with van der Waals surface area (Å²) in [5.41, 5.74) is 7.51.